The molecule has 2 aliphatic carbocycles. The summed E-state index contributed by atoms with van der Waals surface area (Å²) >= 11 is 0. The maximum atomic E-state index is 11.8. The maximum Gasteiger partial charge on any atom is 0.311 e. The summed E-state index contributed by atoms with van der Waals surface area (Å²) in [5.74, 6) is 0.405. The topological polar surface area (TPSA) is 55.4 Å². The Hall–Kier alpha value is -1.32. The van der Waals surface area contributed by atoms with Gasteiger partial charge in [0.25, 0.3) is 0 Å². The van der Waals surface area contributed by atoms with Crippen molar-refractivity contribution in [3.63, 3.8) is 0 Å². The van der Waals surface area contributed by atoms with E-state index in [4.69, 9.17) is 4.74 Å². The summed E-state index contributed by atoms with van der Waals surface area (Å²) in [7, 11) is 1.42. The number of esters is 1. The van der Waals surface area contributed by atoms with Crippen LogP contribution in [0, 0.1) is 17.8 Å². The minimum absolute atomic E-state index is 0.0423. The van der Waals surface area contributed by atoms with Crippen molar-refractivity contribution in [3.8, 4) is 0 Å². The molecular formula is C14H21NO3. The van der Waals surface area contributed by atoms with Gasteiger partial charge in [-0.2, -0.15) is 0 Å². The van der Waals surface area contributed by atoms with Crippen LogP contribution in [0.3, 0.4) is 0 Å². The smallest absolute Gasteiger partial charge is 0.311 e. The van der Waals surface area contributed by atoms with Gasteiger partial charge in [0.1, 0.15) is 0 Å². The number of carbonyl (C=O) groups is 2. The van der Waals surface area contributed by atoms with Gasteiger partial charge in [-0.05, 0) is 44.9 Å². The van der Waals surface area contributed by atoms with Gasteiger partial charge in [-0.1, -0.05) is 5.57 Å². The van der Waals surface area contributed by atoms with E-state index in [1.807, 2.05) is 13.8 Å². The Balaban J connectivity index is 2.08. The van der Waals surface area contributed by atoms with Crippen molar-refractivity contribution in [1.82, 2.24) is 5.32 Å². The molecule has 4 nitrogen and oxygen atoms in total. The van der Waals surface area contributed by atoms with Crippen LogP contribution in [0.25, 0.3) is 0 Å². The average Bonchev–Trinajstić information content (AvgIpc) is 2.87. The third-order valence-electron chi connectivity index (χ3n) is 4.12. The Morgan fingerprint density at radius 3 is 2.50 bits per heavy atom. The first kappa shape index (κ1) is 13.1. The maximum absolute atomic E-state index is 11.8. The third-order valence-corrected chi connectivity index (χ3v) is 4.12. The largest absolute Gasteiger partial charge is 0.469 e. The second-order valence-electron chi connectivity index (χ2n) is 5.64. The summed E-state index contributed by atoms with van der Waals surface area (Å²) in [4.78, 5) is 23.6. The van der Waals surface area contributed by atoms with Crippen molar-refractivity contribution in [2.45, 2.75) is 39.2 Å². The number of hydrogen-bond donors (Lipinski definition) is 1. The van der Waals surface area contributed by atoms with Crippen molar-refractivity contribution >= 4 is 11.9 Å². The Kier molecular flexibility index (Phi) is 3.73. The molecule has 1 N–H and O–H groups in total. The molecule has 4 heteroatoms. The van der Waals surface area contributed by atoms with E-state index in [0.29, 0.717) is 11.8 Å². The van der Waals surface area contributed by atoms with E-state index in [1.54, 1.807) is 6.08 Å². The number of rotatable bonds is 3. The van der Waals surface area contributed by atoms with Crippen LogP contribution in [-0.4, -0.2) is 25.0 Å². The van der Waals surface area contributed by atoms with Gasteiger partial charge in [0.2, 0.25) is 5.91 Å². The molecule has 0 unspecified atom stereocenters. The van der Waals surface area contributed by atoms with Gasteiger partial charge < -0.3 is 10.1 Å². The fourth-order valence-electron chi connectivity index (χ4n) is 3.44. The lowest BCUT2D eigenvalue weighted by Gasteiger charge is -2.29. The lowest BCUT2D eigenvalue weighted by atomic mass is 9.84. The number of carbonyl (C=O) groups excluding carboxylic acids is 2. The zero-order valence-corrected chi connectivity index (χ0v) is 11.2. The highest BCUT2D eigenvalue weighted by atomic mass is 16.5. The zero-order valence-electron chi connectivity index (χ0n) is 11.2. The minimum Gasteiger partial charge on any atom is -0.469 e. The van der Waals surface area contributed by atoms with Crippen LogP contribution >= 0.6 is 0 Å². The molecule has 0 spiro atoms. The number of methoxy groups -OCH3 is 1. The van der Waals surface area contributed by atoms with Crippen LogP contribution in [0.15, 0.2) is 11.6 Å². The Morgan fingerprint density at radius 1 is 1.22 bits per heavy atom. The van der Waals surface area contributed by atoms with Crippen LogP contribution in [-0.2, 0) is 14.3 Å². The van der Waals surface area contributed by atoms with E-state index >= 15 is 0 Å². The van der Waals surface area contributed by atoms with E-state index in [9.17, 15) is 9.59 Å². The summed E-state index contributed by atoms with van der Waals surface area (Å²) in [5.41, 5.74) is 0.963. The summed E-state index contributed by atoms with van der Waals surface area (Å²) in [6.45, 7) is 3.77. The summed E-state index contributed by atoms with van der Waals surface area (Å²) in [5, 5.41) is 2.99. The third kappa shape index (κ3) is 2.42. The first-order chi connectivity index (χ1) is 8.52. The van der Waals surface area contributed by atoms with Gasteiger partial charge in [0.05, 0.1) is 13.0 Å². The number of ether oxygens (including phenoxy) is 1. The zero-order chi connectivity index (χ0) is 13.3. The molecule has 0 aromatic rings. The van der Waals surface area contributed by atoms with E-state index in [-0.39, 0.29) is 23.8 Å². The molecule has 2 saturated carbocycles. The van der Waals surface area contributed by atoms with Crippen molar-refractivity contribution < 1.29 is 14.3 Å². The van der Waals surface area contributed by atoms with Gasteiger partial charge in [-0.15, -0.1) is 0 Å². The van der Waals surface area contributed by atoms with Crippen LogP contribution in [0.4, 0.5) is 0 Å². The Bertz CT molecular complexity index is 385. The highest BCUT2D eigenvalue weighted by Crippen LogP contribution is 2.48. The Morgan fingerprint density at radius 2 is 1.89 bits per heavy atom. The molecular weight excluding hydrogens is 230 g/mol. The van der Waals surface area contributed by atoms with E-state index in [1.165, 1.54) is 7.11 Å². The SMILES string of the molecule is COC(=O)[C@@H]1[C@H]2CC[C@@H](C2)[C@@H]1NC(=O)C=C(C)C. The molecule has 2 rings (SSSR count). The molecule has 0 heterocycles. The number of hydrogen-bond acceptors (Lipinski definition) is 3. The van der Waals surface area contributed by atoms with Gasteiger partial charge in [-0.3, -0.25) is 9.59 Å². The van der Waals surface area contributed by atoms with Crippen LogP contribution in [0.2, 0.25) is 0 Å². The van der Waals surface area contributed by atoms with E-state index in [0.717, 1.165) is 24.8 Å². The lowest BCUT2D eigenvalue weighted by Crippen LogP contribution is -2.46. The molecule has 2 bridgehead atoms. The second-order valence-corrected chi connectivity index (χ2v) is 5.64. The molecule has 4 atom stereocenters. The highest BCUT2D eigenvalue weighted by Gasteiger charge is 2.51. The quantitative estimate of drug-likeness (QED) is 0.613. The van der Waals surface area contributed by atoms with Crippen molar-refractivity contribution in [2.24, 2.45) is 17.8 Å². The van der Waals surface area contributed by atoms with Crippen molar-refractivity contribution in [3.05, 3.63) is 11.6 Å². The molecule has 1 amide bonds. The number of nitrogens with one attached hydrogen (secondary N) is 1. The normalized spacial score (nSPS) is 33.1. The minimum atomic E-state index is -0.176. The van der Waals surface area contributed by atoms with Gasteiger partial charge in [-0.25, -0.2) is 0 Å². The molecule has 0 aromatic heterocycles. The van der Waals surface area contributed by atoms with Crippen LogP contribution < -0.4 is 5.32 Å². The number of fused-ring (bicyclic) bond motifs is 2. The number of amides is 1. The molecule has 0 saturated heterocycles. The first-order valence-electron chi connectivity index (χ1n) is 6.56. The van der Waals surface area contributed by atoms with Gasteiger partial charge in [0, 0.05) is 12.1 Å². The fraction of sp³-hybridized carbons (Fsp3) is 0.714. The van der Waals surface area contributed by atoms with Crippen molar-refractivity contribution in [2.75, 3.05) is 7.11 Å². The van der Waals surface area contributed by atoms with Crippen LogP contribution in [0.1, 0.15) is 33.1 Å². The molecule has 2 fully saturated rings. The first-order valence-corrected chi connectivity index (χ1v) is 6.56. The predicted octanol–water partition coefficient (Wildman–Crippen LogP) is 1.66. The number of allylic oxidation sites excluding steroid dienone is 1. The lowest BCUT2D eigenvalue weighted by molar-refractivity contribution is -0.148. The molecule has 100 valence electrons. The predicted molar refractivity (Wildman–Crippen MR) is 67.7 cm³/mol. The average molecular weight is 251 g/mol. The monoisotopic (exact) mass is 251 g/mol. The summed E-state index contributed by atoms with van der Waals surface area (Å²) in [6.07, 6.45) is 4.82. The van der Waals surface area contributed by atoms with Crippen molar-refractivity contribution in [1.29, 1.82) is 0 Å². The van der Waals surface area contributed by atoms with Crippen LogP contribution in [0.5, 0.6) is 0 Å². The molecule has 0 aromatic carbocycles. The summed E-state index contributed by atoms with van der Waals surface area (Å²) < 4.78 is 4.87. The second kappa shape index (κ2) is 5.12. The molecule has 0 aliphatic heterocycles. The fourth-order valence-corrected chi connectivity index (χ4v) is 3.44. The standard InChI is InChI=1S/C14H21NO3/c1-8(2)6-11(16)15-13-10-5-4-9(7-10)12(13)14(17)18-3/h6,9-10,12-13H,4-5,7H2,1-3H3,(H,15,16)/t9-,10-,12+,13-/m0/s1. The Labute approximate surface area is 108 Å². The van der Waals surface area contributed by atoms with E-state index < -0.39 is 0 Å². The van der Waals surface area contributed by atoms with E-state index in [2.05, 4.69) is 5.32 Å². The molecule has 0 radical (unpaired) electrons. The molecule has 18 heavy (non-hydrogen) atoms. The van der Waals surface area contributed by atoms with Gasteiger partial charge >= 0.3 is 5.97 Å². The molecule has 2 aliphatic rings. The summed E-state index contributed by atoms with van der Waals surface area (Å²) in [6, 6.07) is -0.0423. The van der Waals surface area contributed by atoms with Gasteiger partial charge in [0.15, 0.2) is 0 Å². The highest BCUT2D eigenvalue weighted by molar-refractivity contribution is 5.89.